The van der Waals surface area contributed by atoms with Crippen LogP contribution in [0.1, 0.15) is 48.1 Å². The summed E-state index contributed by atoms with van der Waals surface area (Å²) >= 11 is 0. The van der Waals surface area contributed by atoms with Crippen LogP contribution in [0.25, 0.3) is 0 Å². The Kier molecular flexibility index (Phi) is 6.00. The average molecular weight is 410 g/mol. The Labute approximate surface area is 179 Å². The van der Waals surface area contributed by atoms with Gasteiger partial charge in [0.15, 0.2) is 11.5 Å². The largest absolute Gasteiger partial charge is 0.493 e. The van der Waals surface area contributed by atoms with Crippen LogP contribution in [0.2, 0.25) is 0 Å². The number of nitrogens with one attached hydrogen (secondary N) is 2. The molecular weight excluding hydrogens is 376 g/mol. The van der Waals surface area contributed by atoms with E-state index >= 15 is 0 Å². The van der Waals surface area contributed by atoms with E-state index in [4.69, 9.17) is 9.47 Å². The molecule has 1 saturated carbocycles. The lowest BCUT2D eigenvalue weighted by Gasteiger charge is -2.38. The van der Waals surface area contributed by atoms with Crippen LogP contribution in [0, 0.1) is 12.8 Å². The molecule has 1 heterocycles. The molecule has 2 N–H and O–H groups in total. The Morgan fingerprint density at radius 3 is 2.53 bits per heavy atom. The molecular formula is C25H33N2O3+. The van der Waals surface area contributed by atoms with Crippen LogP contribution in [0.15, 0.2) is 36.4 Å². The molecule has 0 spiro atoms. The van der Waals surface area contributed by atoms with E-state index in [2.05, 4.69) is 55.6 Å². The van der Waals surface area contributed by atoms with Gasteiger partial charge >= 0.3 is 0 Å². The minimum atomic E-state index is 0.0364. The molecule has 1 amide bonds. The SMILES string of the molecule is COc1cc2c(cc1OC)[C@@H]([C@@H](C)NC(=O)C1CC1)[NH+](Cc1ccccc1C)CC2. The van der Waals surface area contributed by atoms with Gasteiger partial charge < -0.3 is 19.7 Å². The Hall–Kier alpha value is -2.53. The van der Waals surface area contributed by atoms with Crippen LogP contribution in [-0.2, 0) is 17.8 Å². The third-order valence-corrected chi connectivity index (χ3v) is 6.63. The minimum Gasteiger partial charge on any atom is -0.493 e. The average Bonchev–Trinajstić information content (AvgIpc) is 3.59. The van der Waals surface area contributed by atoms with Crippen LogP contribution < -0.4 is 19.7 Å². The van der Waals surface area contributed by atoms with Crippen LogP contribution in [0.4, 0.5) is 0 Å². The maximum Gasteiger partial charge on any atom is 0.223 e. The fourth-order valence-electron chi connectivity index (χ4n) is 4.76. The molecule has 1 aliphatic carbocycles. The van der Waals surface area contributed by atoms with Crippen molar-refractivity contribution in [2.75, 3.05) is 20.8 Å². The van der Waals surface area contributed by atoms with Crippen molar-refractivity contribution in [3.63, 3.8) is 0 Å². The van der Waals surface area contributed by atoms with E-state index in [0.717, 1.165) is 43.9 Å². The number of hydrogen-bond donors (Lipinski definition) is 2. The summed E-state index contributed by atoms with van der Waals surface area (Å²) in [6.45, 7) is 6.28. The predicted octanol–water partition coefficient (Wildman–Crippen LogP) is 2.61. The highest BCUT2D eigenvalue weighted by Crippen LogP contribution is 2.35. The normalized spacial score (nSPS) is 21.5. The summed E-state index contributed by atoms with van der Waals surface area (Å²) in [6, 6.07) is 13.0. The number of amides is 1. The van der Waals surface area contributed by atoms with E-state index in [1.165, 1.54) is 27.2 Å². The minimum absolute atomic E-state index is 0.0364. The molecule has 4 rings (SSSR count). The molecule has 0 bridgehead atoms. The molecule has 1 unspecified atom stereocenters. The number of aryl methyl sites for hydroxylation is 1. The lowest BCUT2D eigenvalue weighted by atomic mass is 9.87. The molecule has 2 aliphatic rings. The highest BCUT2D eigenvalue weighted by atomic mass is 16.5. The van der Waals surface area contributed by atoms with Crippen molar-refractivity contribution in [3.8, 4) is 11.5 Å². The van der Waals surface area contributed by atoms with Crippen molar-refractivity contribution in [3.05, 3.63) is 58.7 Å². The first-order valence-corrected chi connectivity index (χ1v) is 11.0. The number of fused-ring (bicyclic) bond motifs is 1. The predicted molar refractivity (Wildman–Crippen MR) is 117 cm³/mol. The van der Waals surface area contributed by atoms with E-state index in [1.54, 1.807) is 14.2 Å². The summed E-state index contributed by atoms with van der Waals surface area (Å²) < 4.78 is 11.1. The highest BCUT2D eigenvalue weighted by Gasteiger charge is 2.39. The first-order valence-electron chi connectivity index (χ1n) is 11.0. The molecule has 1 aliphatic heterocycles. The highest BCUT2D eigenvalue weighted by molar-refractivity contribution is 5.81. The Bertz CT molecular complexity index is 923. The monoisotopic (exact) mass is 409 g/mol. The summed E-state index contributed by atoms with van der Waals surface area (Å²) in [6.07, 6.45) is 3.02. The standard InChI is InChI=1S/C25H32N2O3/c1-16-7-5-6-8-20(16)15-27-12-11-19-13-22(29-3)23(30-4)14-21(19)24(27)17(2)26-25(28)18-9-10-18/h5-8,13-14,17-18,24H,9-12,15H2,1-4H3,(H,26,28)/p+1/t17-,24-/m1/s1. The summed E-state index contributed by atoms with van der Waals surface area (Å²) in [4.78, 5) is 14.0. The smallest absolute Gasteiger partial charge is 0.223 e. The first-order chi connectivity index (χ1) is 14.5. The van der Waals surface area contributed by atoms with Gasteiger partial charge in [-0.3, -0.25) is 4.79 Å². The fraction of sp³-hybridized carbons (Fsp3) is 0.480. The molecule has 2 aromatic carbocycles. The van der Waals surface area contributed by atoms with Gasteiger partial charge in [-0.15, -0.1) is 0 Å². The van der Waals surface area contributed by atoms with Crippen molar-refractivity contribution in [2.24, 2.45) is 5.92 Å². The van der Waals surface area contributed by atoms with Gasteiger partial charge in [0.2, 0.25) is 5.91 Å². The van der Waals surface area contributed by atoms with Crippen molar-refractivity contribution in [2.45, 2.75) is 51.7 Å². The van der Waals surface area contributed by atoms with Gasteiger partial charge in [0.1, 0.15) is 12.6 Å². The van der Waals surface area contributed by atoms with Gasteiger partial charge in [0, 0.05) is 23.5 Å². The third kappa shape index (κ3) is 4.17. The molecule has 160 valence electrons. The van der Waals surface area contributed by atoms with Crippen LogP contribution >= 0.6 is 0 Å². The molecule has 0 saturated heterocycles. The quantitative estimate of drug-likeness (QED) is 0.739. The van der Waals surface area contributed by atoms with Crippen molar-refractivity contribution < 1.29 is 19.2 Å². The number of rotatable bonds is 7. The third-order valence-electron chi connectivity index (χ3n) is 6.63. The molecule has 0 radical (unpaired) electrons. The summed E-state index contributed by atoms with van der Waals surface area (Å²) in [7, 11) is 3.36. The van der Waals surface area contributed by atoms with E-state index in [9.17, 15) is 4.79 Å². The van der Waals surface area contributed by atoms with Gasteiger partial charge in [-0.1, -0.05) is 24.3 Å². The van der Waals surface area contributed by atoms with Crippen molar-refractivity contribution in [1.29, 1.82) is 0 Å². The zero-order chi connectivity index (χ0) is 21.3. The topological polar surface area (TPSA) is 52.0 Å². The van der Waals surface area contributed by atoms with E-state index < -0.39 is 0 Å². The van der Waals surface area contributed by atoms with Gasteiger partial charge in [-0.25, -0.2) is 0 Å². The summed E-state index contributed by atoms with van der Waals surface area (Å²) in [5, 5.41) is 3.32. The zero-order valence-electron chi connectivity index (χ0n) is 18.5. The molecule has 1 fully saturated rings. The number of methoxy groups -OCH3 is 2. The van der Waals surface area contributed by atoms with Crippen LogP contribution in [-0.4, -0.2) is 32.7 Å². The maximum atomic E-state index is 12.5. The number of carbonyl (C=O) groups excluding carboxylic acids is 1. The van der Waals surface area contributed by atoms with E-state index in [1.807, 2.05) is 0 Å². The second-order valence-corrected chi connectivity index (χ2v) is 8.72. The lowest BCUT2D eigenvalue weighted by molar-refractivity contribution is -0.948. The second kappa shape index (κ2) is 8.68. The van der Waals surface area contributed by atoms with Crippen molar-refractivity contribution >= 4 is 5.91 Å². The molecule has 5 nitrogen and oxygen atoms in total. The second-order valence-electron chi connectivity index (χ2n) is 8.72. The Balaban J connectivity index is 1.69. The van der Waals surface area contributed by atoms with Crippen molar-refractivity contribution in [1.82, 2.24) is 5.32 Å². The van der Waals surface area contributed by atoms with Gasteiger partial charge in [-0.05, 0) is 49.9 Å². The van der Waals surface area contributed by atoms with Crippen LogP contribution in [0.5, 0.6) is 11.5 Å². The number of benzene rings is 2. The van der Waals surface area contributed by atoms with Crippen LogP contribution in [0.3, 0.4) is 0 Å². The molecule has 5 heteroatoms. The maximum absolute atomic E-state index is 12.5. The Morgan fingerprint density at radius 1 is 1.17 bits per heavy atom. The summed E-state index contributed by atoms with van der Waals surface area (Å²) in [5.41, 5.74) is 5.23. The zero-order valence-corrected chi connectivity index (χ0v) is 18.5. The molecule has 3 atom stereocenters. The number of ether oxygens (including phenoxy) is 2. The van der Waals surface area contributed by atoms with Gasteiger partial charge in [-0.2, -0.15) is 0 Å². The lowest BCUT2D eigenvalue weighted by Crippen LogP contribution is -3.13. The van der Waals surface area contributed by atoms with Gasteiger partial charge in [0.25, 0.3) is 0 Å². The number of quaternary nitrogens is 1. The van der Waals surface area contributed by atoms with E-state index in [0.29, 0.717) is 0 Å². The molecule has 0 aromatic heterocycles. The van der Waals surface area contributed by atoms with Gasteiger partial charge in [0.05, 0.1) is 26.8 Å². The number of carbonyl (C=O) groups is 1. The molecule has 30 heavy (non-hydrogen) atoms. The Morgan fingerprint density at radius 2 is 1.87 bits per heavy atom. The first kappa shape index (κ1) is 20.7. The number of hydrogen-bond acceptors (Lipinski definition) is 3. The van der Waals surface area contributed by atoms with E-state index in [-0.39, 0.29) is 23.9 Å². The molecule has 2 aromatic rings. The summed E-state index contributed by atoms with van der Waals surface area (Å²) in [5.74, 6) is 1.93. The fourth-order valence-corrected chi connectivity index (χ4v) is 4.76.